The molecule has 2 heterocycles. The van der Waals surface area contributed by atoms with Crippen LogP contribution >= 0.6 is 0 Å². The number of amides is 1. The minimum absolute atomic E-state index is 0.187. The third kappa shape index (κ3) is 5.74. The summed E-state index contributed by atoms with van der Waals surface area (Å²) in [6, 6.07) is 0.829. The van der Waals surface area contributed by atoms with Gasteiger partial charge in [-0.2, -0.15) is 0 Å². The van der Waals surface area contributed by atoms with Crippen molar-refractivity contribution >= 4 is 6.09 Å². The monoisotopic (exact) mass is 313 g/mol. The Morgan fingerprint density at radius 3 is 2.95 bits per heavy atom. The lowest BCUT2D eigenvalue weighted by atomic mass is 10.2. The van der Waals surface area contributed by atoms with Gasteiger partial charge in [0.2, 0.25) is 0 Å². The van der Waals surface area contributed by atoms with Crippen LogP contribution in [0.2, 0.25) is 0 Å². The Labute approximate surface area is 133 Å². The van der Waals surface area contributed by atoms with Gasteiger partial charge in [-0.05, 0) is 47.1 Å². The highest BCUT2D eigenvalue weighted by Crippen LogP contribution is 2.22. The summed E-state index contributed by atoms with van der Waals surface area (Å²) in [5.41, 5.74) is -0.455. The Morgan fingerprint density at radius 2 is 2.23 bits per heavy atom. The first-order valence-electron chi connectivity index (χ1n) is 8.39. The van der Waals surface area contributed by atoms with Gasteiger partial charge in [0.25, 0.3) is 0 Å². The second-order valence-corrected chi connectivity index (χ2v) is 7.44. The fraction of sp³-hybridized carbons (Fsp3) is 0.938. The van der Waals surface area contributed by atoms with Crippen LogP contribution in [0.5, 0.6) is 0 Å². The summed E-state index contributed by atoms with van der Waals surface area (Å²) in [6.07, 6.45) is 2.45. The Bertz CT molecular complexity index is 370. The van der Waals surface area contributed by atoms with Crippen LogP contribution in [0.1, 0.15) is 40.5 Å². The van der Waals surface area contributed by atoms with Crippen LogP contribution < -0.4 is 10.6 Å². The normalized spacial score (nSPS) is 27.3. The first-order chi connectivity index (χ1) is 10.3. The lowest BCUT2D eigenvalue weighted by molar-refractivity contribution is -0.0476. The first-order valence-corrected chi connectivity index (χ1v) is 8.39. The van der Waals surface area contributed by atoms with Crippen LogP contribution in [0.4, 0.5) is 4.79 Å². The van der Waals surface area contributed by atoms with E-state index in [0.29, 0.717) is 12.6 Å². The molecule has 0 bridgehead atoms. The van der Waals surface area contributed by atoms with Crippen molar-refractivity contribution in [1.82, 2.24) is 15.5 Å². The van der Waals surface area contributed by atoms with Crippen molar-refractivity contribution in [3.8, 4) is 0 Å². The maximum Gasteiger partial charge on any atom is 0.407 e. The second kappa shape index (κ2) is 7.62. The quantitative estimate of drug-likeness (QED) is 0.802. The molecule has 6 heteroatoms. The number of carbonyl (C=O) groups excluding carboxylic acids is 1. The highest BCUT2D eigenvalue weighted by atomic mass is 16.6. The number of fused-ring (bicyclic) bond motifs is 1. The SMILES string of the molecule is CC(CNC(=O)OC(C)(C)C)NCC1CN2CCCC2CO1. The molecule has 0 spiro atoms. The zero-order chi connectivity index (χ0) is 16.2. The average Bonchev–Trinajstić information content (AvgIpc) is 2.88. The van der Waals surface area contributed by atoms with Gasteiger partial charge in [0.05, 0.1) is 12.7 Å². The summed E-state index contributed by atoms with van der Waals surface area (Å²) < 4.78 is 11.1. The number of carbonyl (C=O) groups is 1. The van der Waals surface area contributed by atoms with Crippen molar-refractivity contribution in [2.45, 2.75) is 64.3 Å². The van der Waals surface area contributed by atoms with Crippen molar-refractivity contribution in [2.75, 3.05) is 32.8 Å². The van der Waals surface area contributed by atoms with Gasteiger partial charge in [-0.1, -0.05) is 0 Å². The molecule has 0 aromatic rings. The van der Waals surface area contributed by atoms with Crippen LogP contribution in [-0.2, 0) is 9.47 Å². The number of alkyl carbamates (subject to hydrolysis) is 1. The zero-order valence-electron chi connectivity index (χ0n) is 14.4. The summed E-state index contributed by atoms with van der Waals surface area (Å²) in [7, 11) is 0. The van der Waals surface area contributed by atoms with Gasteiger partial charge in [-0.25, -0.2) is 4.79 Å². The van der Waals surface area contributed by atoms with Crippen LogP contribution in [-0.4, -0.2) is 67.6 Å². The van der Waals surface area contributed by atoms with Crippen LogP contribution in [0, 0.1) is 0 Å². The summed E-state index contributed by atoms with van der Waals surface area (Å²) >= 11 is 0. The fourth-order valence-corrected chi connectivity index (χ4v) is 2.96. The molecular weight excluding hydrogens is 282 g/mol. The zero-order valence-corrected chi connectivity index (χ0v) is 14.4. The molecule has 0 aliphatic carbocycles. The van der Waals surface area contributed by atoms with E-state index in [9.17, 15) is 4.79 Å². The summed E-state index contributed by atoms with van der Waals surface area (Å²) in [5.74, 6) is 0. The number of hydrogen-bond acceptors (Lipinski definition) is 5. The van der Waals surface area contributed by atoms with E-state index in [-0.39, 0.29) is 18.2 Å². The van der Waals surface area contributed by atoms with E-state index in [0.717, 1.165) is 19.7 Å². The Balaban J connectivity index is 1.59. The molecule has 0 aromatic carbocycles. The smallest absolute Gasteiger partial charge is 0.407 e. The van der Waals surface area contributed by atoms with Crippen molar-refractivity contribution in [1.29, 1.82) is 0 Å². The third-order valence-electron chi connectivity index (χ3n) is 4.11. The van der Waals surface area contributed by atoms with Gasteiger partial charge >= 0.3 is 6.09 Å². The van der Waals surface area contributed by atoms with Crippen LogP contribution in [0.25, 0.3) is 0 Å². The molecule has 0 saturated carbocycles. The molecule has 128 valence electrons. The molecular formula is C16H31N3O3. The topological polar surface area (TPSA) is 62.8 Å². The molecule has 3 atom stereocenters. The molecule has 1 amide bonds. The predicted molar refractivity (Wildman–Crippen MR) is 86.0 cm³/mol. The molecule has 6 nitrogen and oxygen atoms in total. The highest BCUT2D eigenvalue weighted by Gasteiger charge is 2.32. The Kier molecular flexibility index (Phi) is 6.06. The lowest BCUT2D eigenvalue weighted by Gasteiger charge is -2.35. The first kappa shape index (κ1) is 17.5. The van der Waals surface area contributed by atoms with Gasteiger partial charge < -0.3 is 20.1 Å². The molecule has 3 unspecified atom stereocenters. The van der Waals surface area contributed by atoms with Gasteiger partial charge in [0, 0.05) is 31.7 Å². The summed E-state index contributed by atoms with van der Waals surface area (Å²) in [6.45, 7) is 12.1. The van der Waals surface area contributed by atoms with Crippen molar-refractivity contribution < 1.29 is 14.3 Å². The Hall–Kier alpha value is -0.850. The number of nitrogens with one attached hydrogen (secondary N) is 2. The minimum Gasteiger partial charge on any atom is -0.444 e. The summed E-state index contributed by atoms with van der Waals surface area (Å²) in [5, 5.41) is 6.22. The number of nitrogens with zero attached hydrogens (tertiary/aromatic N) is 1. The van der Waals surface area contributed by atoms with Gasteiger partial charge in [0.15, 0.2) is 0 Å². The Morgan fingerprint density at radius 1 is 1.45 bits per heavy atom. The van der Waals surface area contributed by atoms with Crippen LogP contribution in [0.15, 0.2) is 0 Å². The number of rotatable bonds is 5. The number of morpholine rings is 1. The molecule has 2 aliphatic rings. The second-order valence-electron chi connectivity index (χ2n) is 7.44. The van der Waals surface area contributed by atoms with Crippen LogP contribution in [0.3, 0.4) is 0 Å². The van der Waals surface area contributed by atoms with E-state index in [1.807, 2.05) is 20.8 Å². The minimum atomic E-state index is -0.455. The van der Waals surface area contributed by atoms with Crippen molar-refractivity contribution in [3.63, 3.8) is 0 Å². The lowest BCUT2D eigenvalue weighted by Crippen LogP contribution is -2.51. The molecule has 22 heavy (non-hydrogen) atoms. The average molecular weight is 313 g/mol. The van der Waals surface area contributed by atoms with E-state index in [1.165, 1.54) is 19.4 Å². The standard InChI is InChI=1S/C16H31N3O3/c1-12(8-18-15(20)22-16(2,3)4)17-9-14-10-19-7-5-6-13(19)11-21-14/h12-14,17H,5-11H2,1-4H3,(H,18,20). The van der Waals surface area contributed by atoms with E-state index in [2.05, 4.69) is 22.5 Å². The molecule has 2 fully saturated rings. The van der Waals surface area contributed by atoms with Crippen molar-refractivity contribution in [3.05, 3.63) is 0 Å². The number of hydrogen-bond donors (Lipinski definition) is 2. The molecule has 2 saturated heterocycles. The van der Waals surface area contributed by atoms with E-state index in [4.69, 9.17) is 9.47 Å². The van der Waals surface area contributed by atoms with Gasteiger partial charge in [-0.15, -0.1) is 0 Å². The van der Waals surface area contributed by atoms with E-state index in [1.54, 1.807) is 0 Å². The van der Waals surface area contributed by atoms with Gasteiger partial charge in [-0.3, -0.25) is 4.90 Å². The van der Waals surface area contributed by atoms with E-state index < -0.39 is 5.60 Å². The highest BCUT2D eigenvalue weighted by molar-refractivity contribution is 5.67. The summed E-state index contributed by atoms with van der Waals surface area (Å²) in [4.78, 5) is 14.1. The maximum absolute atomic E-state index is 11.6. The van der Waals surface area contributed by atoms with Crippen molar-refractivity contribution in [2.24, 2.45) is 0 Å². The number of ether oxygens (including phenoxy) is 2. The van der Waals surface area contributed by atoms with E-state index >= 15 is 0 Å². The predicted octanol–water partition coefficient (Wildman–Crippen LogP) is 1.35. The van der Waals surface area contributed by atoms with Gasteiger partial charge in [0.1, 0.15) is 5.60 Å². The molecule has 0 radical (unpaired) electrons. The molecule has 2 rings (SSSR count). The maximum atomic E-state index is 11.6. The third-order valence-corrected chi connectivity index (χ3v) is 4.11. The largest absolute Gasteiger partial charge is 0.444 e. The molecule has 2 aliphatic heterocycles. The molecule has 0 aromatic heterocycles. The molecule has 2 N–H and O–H groups in total. The fourth-order valence-electron chi connectivity index (χ4n) is 2.96.